The Morgan fingerprint density at radius 2 is 1.88 bits per heavy atom. The normalized spacial score (nSPS) is 14.7. The molecule has 1 N–H and O–H groups in total. The van der Waals surface area contributed by atoms with E-state index in [1.54, 1.807) is 13.2 Å². The van der Waals surface area contributed by atoms with Crippen molar-refractivity contribution in [3.63, 3.8) is 0 Å². The molecule has 0 aliphatic carbocycles. The summed E-state index contributed by atoms with van der Waals surface area (Å²) < 4.78 is 6.22. The van der Waals surface area contributed by atoms with E-state index in [2.05, 4.69) is 9.97 Å². The SMILES string of the molecule is CN(CC(=O)O)c1ncc2c(n1)-c1ccccc1OC2c1ccccc1. The number of ether oxygens (including phenoxy) is 1. The highest BCUT2D eigenvalue weighted by Gasteiger charge is 2.29. The number of likely N-dealkylation sites (N-methyl/N-ethyl adjacent to an activating group) is 1. The Morgan fingerprint density at radius 1 is 1.15 bits per heavy atom. The number of rotatable bonds is 4. The molecule has 0 saturated carbocycles. The smallest absolute Gasteiger partial charge is 0.323 e. The molecule has 0 saturated heterocycles. The fraction of sp³-hybridized carbons (Fsp3) is 0.150. The van der Waals surface area contributed by atoms with Crippen molar-refractivity contribution < 1.29 is 14.6 Å². The van der Waals surface area contributed by atoms with Crippen molar-refractivity contribution in [3.8, 4) is 17.0 Å². The number of carboxylic acids is 1. The third-order valence-corrected chi connectivity index (χ3v) is 4.29. The molecule has 0 radical (unpaired) electrons. The molecule has 0 spiro atoms. The van der Waals surface area contributed by atoms with Crippen LogP contribution >= 0.6 is 0 Å². The molecule has 3 aromatic rings. The Labute approximate surface area is 150 Å². The van der Waals surface area contributed by atoms with Gasteiger partial charge in [0.15, 0.2) is 6.10 Å². The van der Waals surface area contributed by atoms with E-state index in [9.17, 15) is 4.79 Å². The first-order valence-corrected chi connectivity index (χ1v) is 8.24. The van der Waals surface area contributed by atoms with Crippen LogP contribution in [0.3, 0.4) is 0 Å². The Bertz CT molecular complexity index is 960. The van der Waals surface area contributed by atoms with Gasteiger partial charge in [-0.15, -0.1) is 0 Å². The van der Waals surface area contributed by atoms with E-state index in [1.165, 1.54) is 4.90 Å². The summed E-state index contributed by atoms with van der Waals surface area (Å²) in [5, 5.41) is 9.01. The van der Waals surface area contributed by atoms with E-state index in [0.717, 1.165) is 28.1 Å². The summed E-state index contributed by atoms with van der Waals surface area (Å²) in [6, 6.07) is 17.6. The monoisotopic (exact) mass is 347 g/mol. The zero-order valence-corrected chi connectivity index (χ0v) is 14.2. The number of aromatic nitrogens is 2. The number of benzene rings is 2. The van der Waals surface area contributed by atoms with E-state index in [0.29, 0.717) is 5.95 Å². The lowest BCUT2D eigenvalue weighted by Gasteiger charge is -2.29. The molecule has 2 heterocycles. The number of para-hydroxylation sites is 1. The number of aliphatic carboxylic acids is 1. The highest BCUT2D eigenvalue weighted by atomic mass is 16.5. The summed E-state index contributed by atoms with van der Waals surface area (Å²) in [6.45, 7) is -0.168. The molecule has 1 atom stereocenters. The minimum atomic E-state index is -0.931. The first-order chi connectivity index (χ1) is 12.6. The lowest BCUT2D eigenvalue weighted by atomic mass is 9.94. The maximum Gasteiger partial charge on any atom is 0.323 e. The molecule has 0 amide bonds. The molecule has 1 aliphatic rings. The molecular weight excluding hydrogens is 330 g/mol. The van der Waals surface area contributed by atoms with Crippen LogP contribution in [0.15, 0.2) is 60.8 Å². The van der Waals surface area contributed by atoms with Crippen LogP contribution in [0.4, 0.5) is 5.95 Å². The third kappa shape index (κ3) is 2.86. The number of carbonyl (C=O) groups is 1. The van der Waals surface area contributed by atoms with Crippen LogP contribution < -0.4 is 9.64 Å². The van der Waals surface area contributed by atoms with E-state index in [4.69, 9.17) is 9.84 Å². The van der Waals surface area contributed by atoms with Crippen molar-refractivity contribution in [1.82, 2.24) is 9.97 Å². The molecule has 6 nitrogen and oxygen atoms in total. The van der Waals surface area contributed by atoms with Crippen molar-refractivity contribution in [2.45, 2.75) is 6.10 Å². The fourth-order valence-corrected chi connectivity index (χ4v) is 3.08. The molecule has 2 aromatic carbocycles. The Balaban J connectivity index is 1.84. The van der Waals surface area contributed by atoms with Crippen LogP contribution in [0.2, 0.25) is 0 Å². The molecule has 26 heavy (non-hydrogen) atoms. The molecular formula is C20H17N3O3. The second-order valence-electron chi connectivity index (χ2n) is 6.13. The summed E-state index contributed by atoms with van der Waals surface area (Å²) in [6.07, 6.45) is 1.42. The second-order valence-corrected chi connectivity index (χ2v) is 6.13. The molecule has 1 aliphatic heterocycles. The lowest BCUT2D eigenvalue weighted by Crippen LogP contribution is -2.27. The highest BCUT2D eigenvalue weighted by Crippen LogP contribution is 2.43. The minimum absolute atomic E-state index is 0.168. The van der Waals surface area contributed by atoms with Gasteiger partial charge >= 0.3 is 5.97 Å². The maximum atomic E-state index is 11.0. The predicted molar refractivity (Wildman–Crippen MR) is 97.3 cm³/mol. The van der Waals surface area contributed by atoms with E-state index >= 15 is 0 Å². The summed E-state index contributed by atoms with van der Waals surface area (Å²) >= 11 is 0. The van der Waals surface area contributed by atoms with Gasteiger partial charge in [-0.05, 0) is 17.7 Å². The zero-order valence-electron chi connectivity index (χ0n) is 14.2. The van der Waals surface area contributed by atoms with Gasteiger partial charge in [-0.3, -0.25) is 4.79 Å². The molecule has 0 fully saturated rings. The predicted octanol–water partition coefficient (Wildman–Crippen LogP) is 3.15. The number of nitrogens with zero attached hydrogens (tertiary/aromatic N) is 3. The van der Waals surface area contributed by atoms with E-state index in [-0.39, 0.29) is 12.6 Å². The molecule has 6 heteroatoms. The number of anilines is 1. The molecule has 4 rings (SSSR count). The summed E-state index contributed by atoms with van der Waals surface area (Å²) in [7, 11) is 1.66. The Kier molecular flexibility index (Phi) is 4.01. The quantitative estimate of drug-likeness (QED) is 0.781. The summed E-state index contributed by atoms with van der Waals surface area (Å²) in [4.78, 5) is 21.5. The maximum absolute atomic E-state index is 11.0. The lowest BCUT2D eigenvalue weighted by molar-refractivity contribution is -0.135. The van der Waals surface area contributed by atoms with E-state index in [1.807, 2.05) is 54.6 Å². The van der Waals surface area contributed by atoms with Gasteiger partial charge in [-0.1, -0.05) is 42.5 Å². The van der Waals surface area contributed by atoms with Crippen molar-refractivity contribution in [3.05, 3.63) is 71.9 Å². The van der Waals surface area contributed by atoms with Gasteiger partial charge in [-0.2, -0.15) is 0 Å². The third-order valence-electron chi connectivity index (χ3n) is 4.29. The first kappa shape index (κ1) is 16.1. The highest BCUT2D eigenvalue weighted by molar-refractivity contribution is 5.75. The molecule has 130 valence electrons. The van der Waals surface area contributed by atoms with Crippen molar-refractivity contribution in [1.29, 1.82) is 0 Å². The van der Waals surface area contributed by atoms with Gasteiger partial charge in [-0.25, -0.2) is 9.97 Å². The molecule has 1 aromatic heterocycles. The first-order valence-electron chi connectivity index (χ1n) is 8.24. The number of hydrogen-bond donors (Lipinski definition) is 1. The largest absolute Gasteiger partial charge is 0.480 e. The van der Waals surface area contributed by atoms with Gasteiger partial charge < -0.3 is 14.7 Å². The van der Waals surface area contributed by atoms with Gasteiger partial charge in [0.25, 0.3) is 0 Å². The number of fused-ring (bicyclic) bond motifs is 3. The molecule has 0 bridgehead atoms. The van der Waals surface area contributed by atoms with Crippen LogP contribution in [-0.2, 0) is 4.79 Å². The average Bonchev–Trinajstić information content (AvgIpc) is 2.67. The van der Waals surface area contributed by atoms with Gasteiger partial charge in [0, 0.05) is 24.4 Å². The van der Waals surface area contributed by atoms with Crippen LogP contribution in [0, 0.1) is 0 Å². The second kappa shape index (κ2) is 6.48. The standard InChI is InChI=1S/C20H17N3O3/c1-23(12-17(24)25)20-21-11-15-18(22-20)14-9-5-6-10-16(14)26-19(15)13-7-3-2-4-8-13/h2-11,19H,12H2,1H3,(H,24,25). The average molecular weight is 347 g/mol. The van der Waals surface area contributed by atoms with Crippen molar-refractivity contribution >= 4 is 11.9 Å². The van der Waals surface area contributed by atoms with Gasteiger partial charge in [0.1, 0.15) is 12.3 Å². The van der Waals surface area contributed by atoms with Crippen LogP contribution in [0.1, 0.15) is 17.2 Å². The van der Waals surface area contributed by atoms with Crippen molar-refractivity contribution in [2.75, 3.05) is 18.5 Å². The minimum Gasteiger partial charge on any atom is -0.480 e. The van der Waals surface area contributed by atoms with Gasteiger partial charge in [0.2, 0.25) is 5.95 Å². The number of hydrogen-bond acceptors (Lipinski definition) is 5. The van der Waals surface area contributed by atoms with Crippen LogP contribution in [0.5, 0.6) is 5.75 Å². The van der Waals surface area contributed by atoms with Crippen LogP contribution in [0.25, 0.3) is 11.3 Å². The zero-order chi connectivity index (χ0) is 18.1. The summed E-state index contributed by atoms with van der Waals surface area (Å²) in [5.74, 6) is 0.189. The topological polar surface area (TPSA) is 75.6 Å². The van der Waals surface area contributed by atoms with Crippen molar-refractivity contribution in [2.24, 2.45) is 0 Å². The fourth-order valence-electron chi connectivity index (χ4n) is 3.08. The molecule has 1 unspecified atom stereocenters. The van der Waals surface area contributed by atoms with E-state index < -0.39 is 5.97 Å². The Hall–Kier alpha value is -3.41. The number of carboxylic acid groups (broad SMARTS) is 1. The summed E-state index contributed by atoms with van der Waals surface area (Å²) in [5.41, 5.74) is 3.52. The van der Waals surface area contributed by atoms with Gasteiger partial charge in [0.05, 0.1) is 5.69 Å². The van der Waals surface area contributed by atoms with Crippen LogP contribution in [-0.4, -0.2) is 34.6 Å². The Morgan fingerprint density at radius 3 is 2.65 bits per heavy atom.